The molecule has 3 unspecified atom stereocenters. The van der Waals surface area contributed by atoms with Gasteiger partial charge in [0.05, 0.1) is 5.02 Å². The second-order valence-electron chi connectivity index (χ2n) is 5.69. The second kappa shape index (κ2) is 4.97. The van der Waals surface area contributed by atoms with Crippen LogP contribution in [0.25, 0.3) is 0 Å². The molecule has 0 spiro atoms. The molecule has 2 aliphatic carbocycles. The zero-order chi connectivity index (χ0) is 12.7. The van der Waals surface area contributed by atoms with Gasteiger partial charge in [-0.3, -0.25) is 4.79 Å². The van der Waals surface area contributed by atoms with Gasteiger partial charge >= 0.3 is 0 Å². The summed E-state index contributed by atoms with van der Waals surface area (Å²) in [5.41, 5.74) is 0.786. The number of hydrogen-bond acceptors (Lipinski definition) is 1. The molecule has 3 rings (SSSR count). The van der Waals surface area contributed by atoms with E-state index in [0.29, 0.717) is 10.9 Å². The zero-order valence-corrected chi connectivity index (χ0v) is 12.5. The maximum Gasteiger partial charge on any atom is 0.163 e. The summed E-state index contributed by atoms with van der Waals surface area (Å²) in [6.07, 6.45) is 6.08. The molecule has 0 amide bonds. The van der Waals surface area contributed by atoms with Crippen molar-refractivity contribution in [3.63, 3.8) is 0 Å². The third-order valence-corrected chi connectivity index (χ3v) is 5.79. The largest absolute Gasteiger partial charge is 0.294 e. The molecule has 0 radical (unpaired) electrons. The first-order valence-corrected chi connectivity index (χ1v) is 7.79. The van der Waals surface area contributed by atoms with E-state index in [2.05, 4.69) is 15.9 Å². The van der Waals surface area contributed by atoms with Crippen LogP contribution >= 0.6 is 27.5 Å². The second-order valence-corrected chi connectivity index (χ2v) is 6.95. The van der Waals surface area contributed by atoms with Gasteiger partial charge in [-0.15, -0.1) is 0 Å². The lowest BCUT2D eigenvalue weighted by Gasteiger charge is -2.20. The van der Waals surface area contributed by atoms with Gasteiger partial charge in [0.25, 0.3) is 0 Å². The van der Waals surface area contributed by atoms with E-state index < -0.39 is 0 Å². The molecule has 1 aromatic carbocycles. The quantitative estimate of drug-likeness (QED) is 0.705. The smallest absolute Gasteiger partial charge is 0.163 e. The average Bonchev–Trinajstić information content (AvgIpc) is 2.94. The molecule has 0 N–H and O–H groups in total. The number of ketones is 1. The fraction of sp³-hybridized carbons (Fsp3) is 0.533. The van der Waals surface area contributed by atoms with E-state index >= 15 is 0 Å². The highest BCUT2D eigenvalue weighted by atomic mass is 79.9. The Morgan fingerprint density at radius 3 is 2.78 bits per heavy atom. The topological polar surface area (TPSA) is 17.1 Å². The van der Waals surface area contributed by atoms with Crippen molar-refractivity contribution < 1.29 is 4.79 Å². The molecule has 0 heterocycles. The number of Topliss-reactive ketones (excluding diaryl/α,β-unsaturated/α-hetero) is 1. The summed E-state index contributed by atoms with van der Waals surface area (Å²) in [6.45, 7) is 0. The van der Waals surface area contributed by atoms with Crippen molar-refractivity contribution in [2.24, 2.45) is 17.8 Å². The van der Waals surface area contributed by atoms with Gasteiger partial charge in [0.2, 0.25) is 0 Å². The van der Waals surface area contributed by atoms with Crippen LogP contribution in [-0.4, -0.2) is 5.78 Å². The lowest BCUT2D eigenvalue weighted by Crippen LogP contribution is -2.15. The summed E-state index contributed by atoms with van der Waals surface area (Å²) in [6, 6.07) is 5.47. The van der Waals surface area contributed by atoms with Crippen molar-refractivity contribution in [3.05, 3.63) is 33.3 Å². The van der Waals surface area contributed by atoms with Gasteiger partial charge < -0.3 is 0 Å². The van der Waals surface area contributed by atoms with Crippen LogP contribution in [0.5, 0.6) is 0 Å². The van der Waals surface area contributed by atoms with Gasteiger partial charge in [0, 0.05) is 16.5 Å². The van der Waals surface area contributed by atoms with Crippen molar-refractivity contribution in [2.45, 2.75) is 32.1 Å². The highest BCUT2D eigenvalue weighted by molar-refractivity contribution is 9.10. The summed E-state index contributed by atoms with van der Waals surface area (Å²) in [5.74, 6) is 2.62. The van der Waals surface area contributed by atoms with Gasteiger partial charge in [-0.25, -0.2) is 0 Å². The molecule has 1 aromatic rings. The maximum atomic E-state index is 12.3. The van der Waals surface area contributed by atoms with Crippen molar-refractivity contribution >= 4 is 33.3 Å². The first-order chi connectivity index (χ1) is 8.63. The SMILES string of the molecule is O=C(CC1CC2CCC1C2)c1ccc(Cl)c(Br)c1. The molecule has 3 atom stereocenters. The van der Waals surface area contributed by atoms with Crippen molar-refractivity contribution in [1.82, 2.24) is 0 Å². The summed E-state index contributed by atoms with van der Waals surface area (Å²) < 4.78 is 0.808. The summed E-state index contributed by atoms with van der Waals surface area (Å²) in [7, 11) is 0. The highest BCUT2D eigenvalue weighted by Gasteiger charge is 2.40. The normalized spacial score (nSPS) is 29.8. The Kier molecular flexibility index (Phi) is 3.50. The Morgan fingerprint density at radius 2 is 2.17 bits per heavy atom. The van der Waals surface area contributed by atoms with Gasteiger partial charge in [-0.05, 0) is 71.1 Å². The molecule has 1 nitrogen and oxygen atoms in total. The minimum Gasteiger partial charge on any atom is -0.294 e. The van der Waals surface area contributed by atoms with E-state index in [9.17, 15) is 4.79 Å². The Morgan fingerprint density at radius 1 is 1.33 bits per heavy atom. The van der Waals surface area contributed by atoms with Gasteiger partial charge in [0.1, 0.15) is 0 Å². The fourth-order valence-electron chi connectivity index (χ4n) is 3.65. The number of carbonyl (C=O) groups excluding carboxylic acids is 1. The van der Waals surface area contributed by atoms with Crippen LogP contribution in [0.4, 0.5) is 0 Å². The summed E-state index contributed by atoms with van der Waals surface area (Å²) in [5, 5.41) is 0.659. The van der Waals surface area contributed by atoms with Gasteiger partial charge in [-0.2, -0.15) is 0 Å². The highest BCUT2D eigenvalue weighted by Crippen LogP contribution is 2.49. The van der Waals surface area contributed by atoms with E-state index in [1.54, 1.807) is 6.07 Å². The predicted molar refractivity (Wildman–Crippen MR) is 77.0 cm³/mol. The molecule has 2 fully saturated rings. The van der Waals surface area contributed by atoms with Crippen LogP contribution in [0.15, 0.2) is 22.7 Å². The molecule has 2 aliphatic rings. The first kappa shape index (κ1) is 12.7. The number of carbonyl (C=O) groups is 1. The van der Waals surface area contributed by atoms with Crippen LogP contribution in [-0.2, 0) is 0 Å². The molecular weight excluding hydrogens is 312 g/mol. The molecular formula is C15H16BrClO. The predicted octanol–water partition coefficient (Wildman–Crippen LogP) is 5.11. The van der Waals surface area contributed by atoms with Crippen molar-refractivity contribution in [3.8, 4) is 0 Å². The summed E-state index contributed by atoms with van der Waals surface area (Å²) >= 11 is 9.32. The molecule has 2 saturated carbocycles. The van der Waals surface area contributed by atoms with Crippen molar-refractivity contribution in [2.75, 3.05) is 0 Å². The summed E-state index contributed by atoms with van der Waals surface area (Å²) in [4.78, 5) is 12.3. The van der Waals surface area contributed by atoms with E-state index in [-0.39, 0.29) is 5.78 Å². The third-order valence-electron chi connectivity index (χ3n) is 4.57. The molecule has 0 aliphatic heterocycles. The van der Waals surface area contributed by atoms with E-state index in [1.807, 2.05) is 12.1 Å². The Hall–Kier alpha value is -0.340. The van der Waals surface area contributed by atoms with E-state index in [1.165, 1.54) is 25.7 Å². The van der Waals surface area contributed by atoms with E-state index in [4.69, 9.17) is 11.6 Å². The number of halogens is 2. The van der Waals surface area contributed by atoms with E-state index in [0.717, 1.165) is 28.3 Å². The minimum absolute atomic E-state index is 0.268. The standard InChI is InChI=1S/C15H16BrClO/c16-13-7-11(3-4-14(13)17)15(18)8-12-6-9-1-2-10(12)5-9/h3-4,7,9-10,12H,1-2,5-6,8H2. The number of rotatable bonds is 3. The van der Waals surface area contributed by atoms with Crippen LogP contribution in [0.2, 0.25) is 5.02 Å². The first-order valence-electron chi connectivity index (χ1n) is 6.61. The molecule has 2 bridgehead atoms. The molecule has 3 heteroatoms. The number of benzene rings is 1. The molecule has 18 heavy (non-hydrogen) atoms. The van der Waals surface area contributed by atoms with Gasteiger partial charge in [0.15, 0.2) is 5.78 Å². The lowest BCUT2D eigenvalue weighted by atomic mass is 9.84. The Labute approximate surface area is 121 Å². The monoisotopic (exact) mass is 326 g/mol. The molecule has 0 aromatic heterocycles. The van der Waals surface area contributed by atoms with Crippen LogP contribution in [0.3, 0.4) is 0 Å². The minimum atomic E-state index is 0.268. The molecule has 96 valence electrons. The Bertz CT molecular complexity index is 485. The fourth-order valence-corrected chi connectivity index (χ4v) is 4.15. The van der Waals surface area contributed by atoms with Crippen LogP contribution in [0, 0.1) is 17.8 Å². The number of fused-ring (bicyclic) bond motifs is 2. The molecule has 0 saturated heterocycles. The number of hydrogen-bond donors (Lipinski definition) is 0. The van der Waals surface area contributed by atoms with Gasteiger partial charge in [-0.1, -0.05) is 18.0 Å². The zero-order valence-electron chi connectivity index (χ0n) is 10.2. The third kappa shape index (κ3) is 2.37. The average molecular weight is 328 g/mol. The van der Waals surface area contributed by atoms with Crippen LogP contribution in [0.1, 0.15) is 42.5 Å². The maximum absolute atomic E-state index is 12.3. The van der Waals surface area contributed by atoms with Crippen molar-refractivity contribution in [1.29, 1.82) is 0 Å². The van der Waals surface area contributed by atoms with Crippen LogP contribution < -0.4 is 0 Å². The lowest BCUT2D eigenvalue weighted by molar-refractivity contribution is 0.0944. The Balaban J connectivity index is 1.69.